The maximum absolute atomic E-state index is 3.79. The molecule has 2 rings (SSSR count). The van der Waals surface area contributed by atoms with E-state index in [0.717, 1.165) is 12.6 Å². The van der Waals surface area contributed by atoms with Gasteiger partial charge in [0.05, 0.1) is 0 Å². The van der Waals surface area contributed by atoms with Crippen LogP contribution in [-0.2, 0) is 0 Å². The molecule has 1 heterocycles. The minimum atomic E-state index is 0.460. The summed E-state index contributed by atoms with van der Waals surface area (Å²) in [4.78, 5) is 2.72. The predicted molar refractivity (Wildman–Crippen MR) is 87.0 cm³/mol. The Balaban J connectivity index is 2.19. The Morgan fingerprint density at radius 3 is 2.55 bits per heavy atom. The normalized spacial score (nSPS) is 22.9. The Hall–Kier alpha value is -0.860. The minimum absolute atomic E-state index is 0.460. The lowest BCUT2D eigenvalue weighted by atomic mass is 9.95. The van der Waals surface area contributed by atoms with Crippen LogP contribution in [-0.4, -0.2) is 30.1 Å². The van der Waals surface area contributed by atoms with E-state index in [9.17, 15) is 0 Å². The van der Waals surface area contributed by atoms with E-state index in [1.165, 1.54) is 37.8 Å². The first-order valence-electron chi connectivity index (χ1n) is 8.32. The molecule has 0 aliphatic carbocycles. The summed E-state index contributed by atoms with van der Waals surface area (Å²) in [6.45, 7) is 9.32. The zero-order valence-corrected chi connectivity index (χ0v) is 13.3. The molecular formula is C18H30N2. The van der Waals surface area contributed by atoms with Crippen LogP contribution in [0.25, 0.3) is 0 Å². The number of hydrogen-bond acceptors (Lipinski definition) is 2. The fraction of sp³-hybridized carbons (Fsp3) is 0.667. The Bertz CT molecular complexity index is 376. The molecule has 112 valence electrons. The van der Waals surface area contributed by atoms with Gasteiger partial charge in [0, 0.05) is 18.1 Å². The smallest absolute Gasteiger partial charge is 0.0478 e. The fourth-order valence-electron chi connectivity index (χ4n) is 3.55. The van der Waals surface area contributed by atoms with E-state index in [0.29, 0.717) is 12.1 Å². The molecule has 0 radical (unpaired) electrons. The Morgan fingerprint density at radius 1 is 1.25 bits per heavy atom. The molecule has 1 saturated heterocycles. The second-order valence-corrected chi connectivity index (χ2v) is 6.05. The zero-order chi connectivity index (χ0) is 14.4. The summed E-state index contributed by atoms with van der Waals surface area (Å²) in [5.41, 5.74) is 1.44. The lowest BCUT2D eigenvalue weighted by molar-refractivity contribution is 0.145. The van der Waals surface area contributed by atoms with Crippen molar-refractivity contribution in [2.75, 3.05) is 13.1 Å². The second-order valence-electron chi connectivity index (χ2n) is 6.05. The molecule has 2 nitrogen and oxygen atoms in total. The zero-order valence-electron chi connectivity index (χ0n) is 13.3. The van der Waals surface area contributed by atoms with Crippen LogP contribution in [0.5, 0.6) is 0 Å². The molecule has 3 atom stereocenters. The van der Waals surface area contributed by atoms with E-state index < -0.39 is 0 Å². The van der Waals surface area contributed by atoms with Crippen LogP contribution < -0.4 is 5.32 Å². The van der Waals surface area contributed by atoms with Gasteiger partial charge in [-0.3, -0.25) is 4.90 Å². The second kappa shape index (κ2) is 7.80. The van der Waals surface area contributed by atoms with Crippen LogP contribution in [0.2, 0.25) is 0 Å². The molecule has 1 aliphatic rings. The molecule has 20 heavy (non-hydrogen) atoms. The van der Waals surface area contributed by atoms with Gasteiger partial charge >= 0.3 is 0 Å². The van der Waals surface area contributed by atoms with Crippen molar-refractivity contribution in [1.29, 1.82) is 0 Å². The van der Waals surface area contributed by atoms with Gasteiger partial charge in [0.25, 0.3) is 0 Å². The Morgan fingerprint density at radius 2 is 2.00 bits per heavy atom. The van der Waals surface area contributed by atoms with E-state index in [-0.39, 0.29) is 0 Å². The van der Waals surface area contributed by atoms with Gasteiger partial charge in [-0.1, -0.05) is 44.2 Å². The molecule has 0 saturated carbocycles. The molecule has 2 heteroatoms. The summed E-state index contributed by atoms with van der Waals surface area (Å²) in [7, 11) is 0. The third-order valence-electron chi connectivity index (χ3n) is 4.61. The summed E-state index contributed by atoms with van der Waals surface area (Å²) in [5, 5.41) is 3.79. The highest BCUT2D eigenvalue weighted by Crippen LogP contribution is 2.29. The van der Waals surface area contributed by atoms with Gasteiger partial charge in [-0.2, -0.15) is 0 Å². The maximum atomic E-state index is 3.79. The van der Waals surface area contributed by atoms with Gasteiger partial charge < -0.3 is 5.32 Å². The van der Waals surface area contributed by atoms with Gasteiger partial charge in [-0.25, -0.2) is 0 Å². The maximum Gasteiger partial charge on any atom is 0.0478 e. The third kappa shape index (κ3) is 3.62. The highest BCUT2D eigenvalue weighted by molar-refractivity contribution is 5.21. The summed E-state index contributed by atoms with van der Waals surface area (Å²) < 4.78 is 0. The van der Waals surface area contributed by atoms with Gasteiger partial charge in [-0.05, 0) is 51.3 Å². The first kappa shape index (κ1) is 15.5. The SMILES string of the molecule is CCCNC(c1ccccc1)C(CC)N1CCCC1C. The van der Waals surface area contributed by atoms with Crippen LogP contribution in [0, 0.1) is 0 Å². The number of likely N-dealkylation sites (tertiary alicyclic amines) is 1. The van der Waals surface area contributed by atoms with Gasteiger partial charge in [0.2, 0.25) is 0 Å². The molecule has 3 unspecified atom stereocenters. The number of hydrogen-bond donors (Lipinski definition) is 1. The average Bonchev–Trinajstić information content (AvgIpc) is 2.90. The highest BCUT2D eigenvalue weighted by Gasteiger charge is 2.32. The van der Waals surface area contributed by atoms with Gasteiger partial charge in [-0.15, -0.1) is 0 Å². The molecular weight excluding hydrogens is 244 g/mol. The van der Waals surface area contributed by atoms with Crippen LogP contribution in [0.3, 0.4) is 0 Å². The lowest BCUT2D eigenvalue weighted by Gasteiger charge is -2.37. The van der Waals surface area contributed by atoms with Crippen LogP contribution in [0.1, 0.15) is 58.1 Å². The number of benzene rings is 1. The Kier molecular flexibility index (Phi) is 6.06. The largest absolute Gasteiger partial charge is 0.309 e. The van der Waals surface area contributed by atoms with Crippen molar-refractivity contribution >= 4 is 0 Å². The van der Waals surface area contributed by atoms with Gasteiger partial charge in [0.1, 0.15) is 0 Å². The van der Waals surface area contributed by atoms with E-state index in [1.54, 1.807) is 0 Å². The van der Waals surface area contributed by atoms with Crippen molar-refractivity contribution in [3.8, 4) is 0 Å². The molecule has 1 aromatic carbocycles. The van der Waals surface area contributed by atoms with Crippen molar-refractivity contribution in [2.45, 2.75) is 64.6 Å². The number of rotatable bonds is 7. The van der Waals surface area contributed by atoms with Gasteiger partial charge in [0.15, 0.2) is 0 Å². The van der Waals surface area contributed by atoms with Crippen LogP contribution in [0.15, 0.2) is 30.3 Å². The van der Waals surface area contributed by atoms with Crippen molar-refractivity contribution in [3.63, 3.8) is 0 Å². The van der Waals surface area contributed by atoms with Crippen molar-refractivity contribution < 1.29 is 0 Å². The van der Waals surface area contributed by atoms with Crippen molar-refractivity contribution in [3.05, 3.63) is 35.9 Å². The van der Waals surface area contributed by atoms with Crippen molar-refractivity contribution in [1.82, 2.24) is 10.2 Å². The molecule has 0 aromatic heterocycles. The number of nitrogens with zero attached hydrogens (tertiary/aromatic N) is 1. The summed E-state index contributed by atoms with van der Waals surface area (Å²) >= 11 is 0. The third-order valence-corrected chi connectivity index (χ3v) is 4.61. The van der Waals surface area contributed by atoms with E-state index in [4.69, 9.17) is 0 Å². The fourth-order valence-corrected chi connectivity index (χ4v) is 3.55. The predicted octanol–water partition coefficient (Wildman–Crippen LogP) is 3.99. The topological polar surface area (TPSA) is 15.3 Å². The first-order valence-corrected chi connectivity index (χ1v) is 8.32. The molecule has 0 spiro atoms. The molecule has 0 bridgehead atoms. The minimum Gasteiger partial charge on any atom is -0.309 e. The molecule has 1 N–H and O–H groups in total. The van der Waals surface area contributed by atoms with E-state index in [2.05, 4.69) is 61.3 Å². The first-order chi connectivity index (χ1) is 9.77. The number of nitrogens with one attached hydrogen (secondary N) is 1. The van der Waals surface area contributed by atoms with Crippen molar-refractivity contribution in [2.24, 2.45) is 0 Å². The molecule has 0 amide bonds. The van der Waals surface area contributed by atoms with E-state index in [1.807, 2.05) is 0 Å². The summed E-state index contributed by atoms with van der Waals surface area (Å²) in [6.07, 6.45) is 5.11. The highest BCUT2D eigenvalue weighted by atomic mass is 15.2. The standard InChI is InChI=1S/C18H30N2/c1-4-13-19-18(16-11-7-6-8-12-16)17(5-2)20-14-9-10-15(20)3/h6-8,11-12,15,17-19H,4-5,9-10,13-14H2,1-3H3. The summed E-state index contributed by atoms with van der Waals surface area (Å²) in [6, 6.07) is 12.8. The molecule has 1 fully saturated rings. The average molecular weight is 274 g/mol. The summed E-state index contributed by atoms with van der Waals surface area (Å²) in [5.74, 6) is 0. The van der Waals surface area contributed by atoms with Crippen LogP contribution in [0.4, 0.5) is 0 Å². The lowest BCUT2D eigenvalue weighted by Crippen LogP contribution is -2.46. The van der Waals surface area contributed by atoms with Crippen LogP contribution >= 0.6 is 0 Å². The molecule has 1 aliphatic heterocycles. The Labute approximate surface area is 124 Å². The monoisotopic (exact) mass is 274 g/mol. The molecule has 1 aromatic rings. The quantitative estimate of drug-likeness (QED) is 0.809. The van der Waals surface area contributed by atoms with E-state index >= 15 is 0 Å².